The molecule has 1 aliphatic rings. The van der Waals surface area contributed by atoms with Crippen LogP contribution < -0.4 is 14.4 Å². The molecule has 3 aromatic carbocycles. The molecule has 3 aromatic rings. The monoisotopic (exact) mass is 474 g/mol. The molecule has 1 aliphatic heterocycles. The number of hydrogen-bond acceptors (Lipinski definition) is 5. The first-order valence-corrected chi connectivity index (χ1v) is 11.6. The van der Waals surface area contributed by atoms with Gasteiger partial charge in [-0.05, 0) is 48.4 Å². The van der Waals surface area contributed by atoms with E-state index >= 15 is 0 Å². The molecular weight excluding hydrogens is 444 g/mol. The van der Waals surface area contributed by atoms with Gasteiger partial charge in [-0.25, -0.2) is 0 Å². The van der Waals surface area contributed by atoms with Gasteiger partial charge in [0.2, 0.25) is 0 Å². The summed E-state index contributed by atoms with van der Waals surface area (Å²) in [6.45, 7) is 4.51. The summed E-state index contributed by atoms with van der Waals surface area (Å²) in [6.07, 6.45) is 0. The van der Waals surface area contributed by atoms with Crippen LogP contribution in [-0.2, 0) is 16.1 Å². The van der Waals surface area contributed by atoms with E-state index in [-0.39, 0.29) is 18.4 Å². The van der Waals surface area contributed by atoms with Gasteiger partial charge in [-0.1, -0.05) is 42.5 Å². The van der Waals surface area contributed by atoms with Crippen molar-refractivity contribution >= 4 is 17.5 Å². The number of ether oxygens (including phenoxy) is 3. The highest BCUT2D eigenvalue weighted by atomic mass is 16.5. The van der Waals surface area contributed by atoms with Gasteiger partial charge in [0.15, 0.2) is 18.1 Å². The molecule has 0 saturated carbocycles. The van der Waals surface area contributed by atoms with Crippen molar-refractivity contribution in [2.75, 3.05) is 44.9 Å². The van der Waals surface area contributed by atoms with Crippen LogP contribution in [0.1, 0.15) is 21.5 Å². The molecule has 7 nitrogen and oxygen atoms in total. The zero-order chi connectivity index (χ0) is 24.6. The number of rotatable bonds is 8. The Labute approximate surface area is 205 Å². The smallest absolute Gasteiger partial charge is 0.260 e. The fourth-order valence-corrected chi connectivity index (χ4v) is 3.96. The van der Waals surface area contributed by atoms with Crippen molar-refractivity contribution in [2.45, 2.75) is 13.5 Å². The summed E-state index contributed by atoms with van der Waals surface area (Å²) in [5, 5.41) is 0. The molecule has 0 spiro atoms. The van der Waals surface area contributed by atoms with Crippen molar-refractivity contribution < 1.29 is 23.8 Å². The first kappa shape index (κ1) is 24.3. The summed E-state index contributed by atoms with van der Waals surface area (Å²) in [6, 6.07) is 22.8. The zero-order valence-corrected chi connectivity index (χ0v) is 20.1. The van der Waals surface area contributed by atoms with Crippen molar-refractivity contribution in [1.29, 1.82) is 0 Å². The topological polar surface area (TPSA) is 68.3 Å². The third kappa shape index (κ3) is 6.19. The van der Waals surface area contributed by atoms with Crippen LogP contribution in [0.5, 0.6) is 11.5 Å². The lowest BCUT2D eigenvalue weighted by Gasteiger charge is -2.27. The predicted octanol–water partition coefficient (Wildman–Crippen LogP) is 4.09. The standard InChI is InChI=1S/C28H30N2O5/c1-21-7-6-10-24(17-21)30(19-22-8-4-3-5-9-22)28(32)23-11-12-25(26(18-23)33-2)35-20-27(31)29-13-15-34-16-14-29/h3-12,17-18H,13-16,19-20H2,1-2H3. The second-order valence-corrected chi connectivity index (χ2v) is 8.36. The summed E-state index contributed by atoms with van der Waals surface area (Å²) in [4.78, 5) is 29.6. The van der Waals surface area contributed by atoms with Crippen molar-refractivity contribution in [3.8, 4) is 11.5 Å². The second kappa shape index (κ2) is 11.5. The highest BCUT2D eigenvalue weighted by molar-refractivity contribution is 6.06. The maximum absolute atomic E-state index is 13.7. The van der Waals surface area contributed by atoms with Gasteiger partial charge in [0.1, 0.15) is 0 Å². The molecule has 35 heavy (non-hydrogen) atoms. The fraction of sp³-hybridized carbons (Fsp3) is 0.286. The van der Waals surface area contributed by atoms with E-state index < -0.39 is 0 Å². The summed E-state index contributed by atoms with van der Waals surface area (Å²) in [5.74, 6) is 0.544. The molecule has 0 aromatic heterocycles. The van der Waals surface area contributed by atoms with E-state index in [0.717, 1.165) is 16.8 Å². The Hall–Kier alpha value is -3.84. The van der Waals surface area contributed by atoms with E-state index in [1.54, 1.807) is 28.0 Å². The molecule has 0 bridgehead atoms. The molecule has 0 atom stereocenters. The number of amides is 2. The Morgan fingerprint density at radius 3 is 2.43 bits per heavy atom. The van der Waals surface area contributed by atoms with E-state index in [1.807, 2.05) is 61.5 Å². The third-order valence-electron chi connectivity index (χ3n) is 5.87. The Kier molecular flexibility index (Phi) is 8.00. The molecule has 1 heterocycles. The summed E-state index contributed by atoms with van der Waals surface area (Å²) >= 11 is 0. The average Bonchev–Trinajstić information content (AvgIpc) is 2.91. The molecule has 1 saturated heterocycles. The van der Waals surface area contributed by atoms with Crippen molar-refractivity contribution in [1.82, 2.24) is 4.90 Å². The molecule has 0 aliphatic carbocycles. The number of benzene rings is 3. The van der Waals surface area contributed by atoms with Gasteiger partial charge >= 0.3 is 0 Å². The molecule has 1 fully saturated rings. The lowest BCUT2D eigenvalue weighted by Crippen LogP contribution is -2.43. The van der Waals surface area contributed by atoms with Gasteiger partial charge in [0.25, 0.3) is 11.8 Å². The molecule has 0 radical (unpaired) electrons. The van der Waals surface area contributed by atoms with Crippen molar-refractivity contribution in [3.63, 3.8) is 0 Å². The van der Waals surface area contributed by atoms with Gasteiger partial charge in [0, 0.05) is 24.3 Å². The van der Waals surface area contributed by atoms with Gasteiger partial charge in [-0.15, -0.1) is 0 Å². The van der Waals surface area contributed by atoms with Crippen molar-refractivity contribution in [2.24, 2.45) is 0 Å². The van der Waals surface area contributed by atoms with Gasteiger partial charge in [-0.2, -0.15) is 0 Å². The molecular formula is C28H30N2O5. The van der Waals surface area contributed by atoms with Gasteiger partial charge in [-0.3, -0.25) is 9.59 Å². The minimum Gasteiger partial charge on any atom is -0.493 e. The van der Waals surface area contributed by atoms with Crippen LogP contribution in [0.15, 0.2) is 72.8 Å². The Balaban J connectivity index is 1.54. The van der Waals surface area contributed by atoms with Crippen LogP contribution in [0.2, 0.25) is 0 Å². The normalized spacial score (nSPS) is 13.3. The molecule has 0 N–H and O–H groups in total. The first-order valence-electron chi connectivity index (χ1n) is 11.6. The number of methoxy groups -OCH3 is 1. The van der Waals surface area contributed by atoms with Crippen LogP contribution in [0, 0.1) is 6.92 Å². The van der Waals surface area contributed by atoms with E-state index in [4.69, 9.17) is 14.2 Å². The fourth-order valence-electron chi connectivity index (χ4n) is 3.96. The number of hydrogen-bond donors (Lipinski definition) is 0. The average molecular weight is 475 g/mol. The largest absolute Gasteiger partial charge is 0.493 e. The molecule has 0 unspecified atom stereocenters. The van der Waals surface area contributed by atoms with E-state index in [2.05, 4.69) is 0 Å². The number of carbonyl (C=O) groups excluding carboxylic acids is 2. The van der Waals surface area contributed by atoms with Gasteiger partial charge < -0.3 is 24.0 Å². The molecule has 7 heteroatoms. The number of carbonyl (C=O) groups is 2. The predicted molar refractivity (Wildman–Crippen MR) is 134 cm³/mol. The number of aryl methyl sites for hydroxylation is 1. The Morgan fingerprint density at radius 1 is 0.943 bits per heavy atom. The highest BCUT2D eigenvalue weighted by Crippen LogP contribution is 2.30. The Bertz CT molecular complexity index is 1160. The van der Waals surface area contributed by atoms with Crippen LogP contribution >= 0.6 is 0 Å². The van der Waals surface area contributed by atoms with Crippen molar-refractivity contribution in [3.05, 3.63) is 89.5 Å². The number of anilines is 1. The quantitative estimate of drug-likeness (QED) is 0.492. The minimum absolute atomic E-state index is 0.104. The van der Waals surface area contributed by atoms with E-state index in [9.17, 15) is 9.59 Å². The maximum Gasteiger partial charge on any atom is 0.260 e. The molecule has 182 valence electrons. The SMILES string of the molecule is COc1cc(C(=O)N(Cc2ccccc2)c2cccc(C)c2)ccc1OCC(=O)N1CCOCC1. The maximum atomic E-state index is 13.7. The third-order valence-corrected chi connectivity index (χ3v) is 5.87. The lowest BCUT2D eigenvalue weighted by molar-refractivity contribution is -0.137. The first-order chi connectivity index (χ1) is 17.0. The lowest BCUT2D eigenvalue weighted by atomic mass is 10.1. The van der Waals surface area contributed by atoms with Crippen LogP contribution in [0.3, 0.4) is 0 Å². The van der Waals surface area contributed by atoms with Crippen LogP contribution in [-0.4, -0.2) is 56.7 Å². The zero-order valence-electron chi connectivity index (χ0n) is 20.1. The van der Waals surface area contributed by atoms with E-state index in [0.29, 0.717) is 49.9 Å². The molecule has 2 amide bonds. The summed E-state index contributed by atoms with van der Waals surface area (Å²) < 4.78 is 16.5. The highest BCUT2D eigenvalue weighted by Gasteiger charge is 2.22. The second-order valence-electron chi connectivity index (χ2n) is 8.36. The number of morpholine rings is 1. The Morgan fingerprint density at radius 2 is 1.71 bits per heavy atom. The van der Waals surface area contributed by atoms with Crippen LogP contribution in [0.4, 0.5) is 5.69 Å². The molecule has 4 rings (SSSR count). The van der Waals surface area contributed by atoms with E-state index in [1.165, 1.54) is 7.11 Å². The minimum atomic E-state index is -0.159. The summed E-state index contributed by atoms with van der Waals surface area (Å²) in [5.41, 5.74) is 3.37. The van der Waals surface area contributed by atoms with Crippen LogP contribution in [0.25, 0.3) is 0 Å². The summed E-state index contributed by atoms with van der Waals surface area (Å²) in [7, 11) is 1.52. The van der Waals surface area contributed by atoms with Gasteiger partial charge in [0.05, 0.1) is 26.9 Å². The number of nitrogens with zero attached hydrogens (tertiary/aromatic N) is 2.